The Kier molecular flexibility index (Phi) is 7.03. The molecule has 0 rings (SSSR count). The lowest BCUT2D eigenvalue weighted by atomic mass is 10.2. The fourth-order valence-corrected chi connectivity index (χ4v) is 0.797. The highest BCUT2D eigenvalue weighted by Crippen LogP contribution is 1.93. The molecule has 0 unspecified atom stereocenters. The molecule has 0 aromatic rings. The molecule has 19 heavy (non-hydrogen) atoms. The zero-order valence-electron chi connectivity index (χ0n) is 9.57. The van der Waals surface area contributed by atoms with Gasteiger partial charge in [0.15, 0.2) is 0 Å². The number of nitrogens with two attached hydrogens (primary N) is 2. The van der Waals surface area contributed by atoms with Crippen LogP contribution in [0.2, 0.25) is 0 Å². The summed E-state index contributed by atoms with van der Waals surface area (Å²) < 4.78 is 0. The summed E-state index contributed by atoms with van der Waals surface area (Å²) >= 11 is 0. The Balaban J connectivity index is 3.96. The third-order valence-corrected chi connectivity index (χ3v) is 1.68. The van der Waals surface area contributed by atoms with Crippen LogP contribution in [-0.2, 0) is 28.9 Å². The Labute approximate surface area is 106 Å². The van der Waals surface area contributed by atoms with E-state index in [1.165, 1.54) is 5.64 Å². The van der Waals surface area contributed by atoms with Crippen LogP contribution < -0.4 is 17.1 Å². The fourth-order valence-electron chi connectivity index (χ4n) is 0.797. The molecule has 0 amide bonds. The predicted octanol–water partition coefficient (Wildman–Crippen LogP) is -2.90. The second-order valence-electron chi connectivity index (χ2n) is 3.33. The van der Waals surface area contributed by atoms with Crippen LogP contribution in [0.3, 0.4) is 0 Å². The maximum Gasteiger partial charge on any atom is 0.346 e. The molecule has 11 nitrogen and oxygen atoms in total. The van der Waals surface area contributed by atoms with Gasteiger partial charge in [0.2, 0.25) is 0 Å². The van der Waals surface area contributed by atoms with Crippen LogP contribution in [0.4, 0.5) is 0 Å². The molecule has 0 spiro atoms. The lowest BCUT2D eigenvalue weighted by molar-refractivity contribution is -0.201. The van der Waals surface area contributed by atoms with Crippen LogP contribution in [0, 0.1) is 0 Å². The van der Waals surface area contributed by atoms with E-state index in [-0.39, 0.29) is 0 Å². The minimum absolute atomic E-state index is 0.674. The van der Waals surface area contributed by atoms with Gasteiger partial charge < -0.3 is 31.4 Å². The van der Waals surface area contributed by atoms with E-state index in [0.717, 1.165) is 0 Å². The molecule has 0 aromatic heterocycles. The zero-order chi connectivity index (χ0) is 15.0. The van der Waals surface area contributed by atoms with Gasteiger partial charge in [0, 0.05) is 5.64 Å². The number of carbonyl (C=O) groups is 4. The second kappa shape index (κ2) is 7.97. The summed E-state index contributed by atoms with van der Waals surface area (Å²) in [6, 6.07) is -2.90. The van der Waals surface area contributed by atoms with E-state index in [1.807, 2.05) is 0 Å². The molecule has 0 saturated carbocycles. The lowest BCUT2D eigenvalue weighted by Crippen LogP contribution is -2.41. The fraction of sp³-hybridized carbons (Fsp3) is 0.500. The van der Waals surface area contributed by atoms with Gasteiger partial charge in [0.1, 0.15) is 12.1 Å². The first kappa shape index (κ1) is 16.8. The number of nitrogens with one attached hydrogen (secondary N) is 1. The Bertz CT molecular complexity index is 337. The zero-order valence-corrected chi connectivity index (χ0v) is 9.57. The third-order valence-electron chi connectivity index (χ3n) is 1.68. The molecule has 0 saturated heterocycles. The monoisotopic (exact) mass is 279 g/mol. The van der Waals surface area contributed by atoms with E-state index in [4.69, 9.17) is 21.7 Å². The number of carboxylic acid groups (broad SMARTS) is 2. The van der Waals surface area contributed by atoms with Crippen molar-refractivity contribution in [1.82, 2.24) is 5.64 Å². The van der Waals surface area contributed by atoms with Gasteiger partial charge >= 0.3 is 23.9 Å². The van der Waals surface area contributed by atoms with Gasteiger partial charge in [-0.15, -0.1) is 0 Å². The third kappa shape index (κ3) is 7.64. The van der Waals surface area contributed by atoms with Crippen LogP contribution in [0.15, 0.2) is 0 Å². The molecule has 0 heterocycles. The van der Waals surface area contributed by atoms with E-state index >= 15 is 0 Å². The van der Waals surface area contributed by atoms with Crippen molar-refractivity contribution >= 4 is 23.9 Å². The van der Waals surface area contributed by atoms with Crippen molar-refractivity contribution in [3.05, 3.63) is 0 Å². The lowest BCUT2D eigenvalue weighted by Gasteiger charge is -2.11. The largest absolute Gasteiger partial charge is 0.481 e. The summed E-state index contributed by atoms with van der Waals surface area (Å²) in [6.07, 6.45) is -1.35. The normalized spacial score (nSPS) is 13.2. The van der Waals surface area contributed by atoms with Gasteiger partial charge in [-0.25, -0.2) is 9.59 Å². The van der Waals surface area contributed by atoms with E-state index in [1.54, 1.807) is 0 Å². The first-order valence-corrected chi connectivity index (χ1v) is 4.85. The average Bonchev–Trinajstić information content (AvgIpc) is 2.26. The number of carbonyl (C=O) groups excluding carboxylic acids is 2. The summed E-state index contributed by atoms with van der Waals surface area (Å²) in [5.41, 5.74) is 11.7. The molecule has 0 bridgehead atoms. The van der Waals surface area contributed by atoms with Crippen molar-refractivity contribution in [2.45, 2.75) is 24.9 Å². The molecule has 7 N–H and O–H groups in total. The summed E-state index contributed by atoms with van der Waals surface area (Å²) in [4.78, 5) is 50.7. The van der Waals surface area contributed by atoms with Crippen molar-refractivity contribution in [3.63, 3.8) is 0 Å². The smallest absolute Gasteiger partial charge is 0.346 e. The maximum absolute atomic E-state index is 11.0. The van der Waals surface area contributed by atoms with Crippen molar-refractivity contribution < 1.29 is 39.1 Å². The van der Waals surface area contributed by atoms with E-state index in [9.17, 15) is 19.2 Å². The minimum atomic E-state index is -1.45. The molecule has 2 atom stereocenters. The molecule has 11 heteroatoms. The summed E-state index contributed by atoms with van der Waals surface area (Å²) in [5, 5.41) is 16.7. The standard InChI is InChI=1S/C8H13N3O8/c9-3(1-5(12)13)7(16)18-11-19-8(17)4(10)2-6(14)15/h3-4,11H,1-2,9-10H2,(H,12,13)(H,14,15)/t3-,4-/m0/s1. The minimum Gasteiger partial charge on any atom is -0.481 e. The Morgan fingerprint density at radius 3 is 1.47 bits per heavy atom. The summed E-state index contributed by atoms with van der Waals surface area (Å²) in [7, 11) is 0. The van der Waals surface area contributed by atoms with E-state index < -0.39 is 48.8 Å². The summed E-state index contributed by atoms with van der Waals surface area (Å²) in [5.74, 6) is -4.99. The Hall–Kier alpha value is -2.24. The van der Waals surface area contributed by atoms with Crippen molar-refractivity contribution in [2.75, 3.05) is 0 Å². The first-order valence-electron chi connectivity index (χ1n) is 4.85. The molecule has 0 aliphatic heterocycles. The molecule has 0 radical (unpaired) electrons. The average molecular weight is 279 g/mol. The molecule has 108 valence electrons. The van der Waals surface area contributed by atoms with Crippen LogP contribution in [0.5, 0.6) is 0 Å². The quantitative estimate of drug-likeness (QED) is 0.286. The second-order valence-corrected chi connectivity index (χ2v) is 3.33. The van der Waals surface area contributed by atoms with Crippen molar-refractivity contribution in [2.24, 2.45) is 11.5 Å². The highest BCUT2D eigenvalue weighted by atomic mass is 16.9. The maximum atomic E-state index is 11.0. The Morgan fingerprint density at radius 2 is 1.21 bits per heavy atom. The molecule has 0 aliphatic carbocycles. The summed E-state index contributed by atoms with van der Waals surface area (Å²) in [6.45, 7) is 0. The van der Waals surface area contributed by atoms with E-state index in [0.29, 0.717) is 0 Å². The van der Waals surface area contributed by atoms with Crippen LogP contribution in [-0.4, -0.2) is 46.2 Å². The van der Waals surface area contributed by atoms with Crippen molar-refractivity contribution in [1.29, 1.82) is 0 Å². The van der Waals surface area contributed by atoms with Crippen LogP contribution in [0.1, 0.15) is 12.8 Å². The molecule has 0 fully saturated rings. The van der Waals surface area contributed by atoms with Crippen LogP contribution >= 0.6 is 0 Å². The molecule has 0 aromatic carbocycles. The predicted molar refractivity (Wildman–Crippen MR) is 55.8 cm³/mol. The molecule has 0 aliphatic rings. The topological polar surface area (TPSA) is 191 Å². The van der Waals surface area contributed by atoms with Gasteiger partial charge in [-0.2, -0.15) is 0 Å². The van der Waals surface area contributed by atoms with Crippen molar-refractivity contribution in [3.8, 4) is 0 Å². The van der Waals surface area contributed by atoms with E-state index in [2.05, 4.69) is 9.68 Å². The van der Waals surface area contributed by atoms with Crippen LogP contribution in [0.25, 0.3) is 0 Å². The first-order chi connectivity index (χ1) is 8.73. The van der Waals surface area contributed by atoms with Gasteiger partial charge in [0.05, 0.1) is 12.8 Å². The highest BCUT2D eigenvalue weighted by molar-refractivity contribution is 5.82. The number of hydrogen-bond acceptors (Lipinski definition) is 9. The molecular formula is C8H13N3O8. The van der Waals surface area contributed by atoms with Gasteiger partial charge in [-0.3, -0.25) is 9.59 Å². The number of aliphatic carboxylic acids is 2. The number of hydrogen-bond donors (Lipinski definition) is 5. The Morgan fingerprint density at radius 1 is 0.895 bits per heavy atom. The molecular weight excluding hydrogens is 266 g/mol. The van der Waals surface area contributed by atoms with Gasteiger partial charge in [-0.05, 0) is 0 Å². The van der Waals surface area contributed by atoms with Gasteiger partial charge in [-0.1, -0.05) is 0 Å². The number of rotatable bonds is 8. The highest BCUT2D eigenvalue weighted by Gasteiger charge is 2.22. The number of carboxylic acids is 2. The SMILES string of the molecule is N[C@@H](CC(=O)O)C(=O)ONOC(=O)[C@@H](N)CC(=O)O. The van der Waals surface area contributed by atoms with Gasteiger partial charge in [0.25, 0.3) is 0 Å².